The summed E-state index contributed by atoms with van der Waals surface area (Å²) in [4.78, 5) is 11.8. The number of halogens is 2. The van der Waals surface area contributed by atoms with Gasteiger partial charge in [0, 0.05) is 40.5 Å². The zero-order chi connectivity index (χ0) is 23.8. The van der Waals surface area contributed by atoms with Crippen LogP contribution in [0.3, 0.4) is 0 Å². The Balaban J connectivity index is 1.51. The lowest BCUT2D eigenvalue weighted by molar-refractivity contribution is 0.0371. The predicted molar refractivity (Wildman–Crippen MR) is 147 cm³/mol. The van der Waals surface area contributed by atoms with Gasteiger partial charge >= 0.3 is 0 Å². The van der Waals surface area contributed by atoms with Crippen LogP contribution in [0.4, 0.5) is 0 Å². The number of fused-ring (bicyclic) bond motifs is 1. The van der Waals surface area contributed by atoms with E-state index in [1.165, 1.54) is 11.3 Å². The Labute approximate surface area is 218 Å². The van der Waals surface area contributed by atoms with Crippen molar-refractivity contribution in [1.82, 2.24) is 14.7 Å². The summed E-state index contributed by atoms with van der Waals surface area (Å²) < 4.78 is 12.6. The highest BCUT2D eigenvalue weighted by molar-refractivity contribution is 14.1. The van der Waals surface area contributed by atoms with E-state index in [1.807, 2.05) is 6.08 Å². The van der Waals surface area contributed by atoms with E-state index in [1.54, 1.807) is 0 Å². The van der Waals surface area contributed by atoms with Crippen molar-refractivity contribution in [1.29, 1.82) is 0 Å². The normalized spacial score (nSPS) is 26.2. The summed E-state index contributed by atoms with van der Waals surface area (Å²) in [5.74, 6) is 0.386. The summed E-state index contributed by atoms with van der Waals surface area (Å²) in [6.45, 7) is 14.3. The molecular formula is C24H36ClIN4O2Si. The molecule has 2 atom stereocenters. The second kappa shape index (κ2) is 10.4. The third kappa shape index (κ3) is 5.71. The van der Waals surface area contributed by atoms with Gasteiger partial charge in [-0.15, -0.1) is 0 Å². The van der Waals surface area contributed by atoms with Crippen LogP contribution in [0.15, 0.2) is 50.9 Å². The van der Waals surface area contributed by atoms with Gasteiger partial charge in [0.05, 0.1) is 29.6 Å². The Morgan fingerprint density at radius 3 is 2.64 bits per heavy atom. The van der Waals surface area contributed by atoms with Gasteiger partial charge in [0.25, 0.3) is 0 Å². The molecule has 0 radical (unpaired) electrons. The highest BCUT2D eigenvalue weighted by atomic mass is 127. The summed E-state index contributed by atoms with van der Waals surface area (Å²) in [5, 5.41) is 0.763. The monoisotopic (exact) mass is 602 g/mol. The molecular weight excluding hydrogens is 567 g/mol. The van der Waals surface area contributed by atoms with Gasteiger partial charge in [0.15, 0.2) is 3.84 Å². The molecule has 6 nitrogen and oxygen atoms in total. The average molecular weight is 603 g/mol. The second-order valence-corrected chi connectivity index (χ2v) is 17.4. The van der Waals surface area contributed by atoms with Gasteiger partial charge in [-0.25, -0.2) is 4.99 Å². The van der Waals surface area contributed by atoms with Crippen molar-refractivity contribution >= 4 is 46.1 Å². The molecule has 0 bridgehead atoms. The largest absolute Gasteiger partial charge is 0.378 e. The van der Waals surface area contributed by atoms with Crippen LogP contribution in [0.5, 0.6) is 0 Å². The maximum Gasteiger partial charge on any atom is 0.171 e. The number of morpholine rings is 1. The summed E-state index contributed by atoms with van der Waals surface area (Å²) in [7, 11) is 1.02. The first-order chi connectivity index (χ1) is 15.7. The smallest absolute Gasteiger partial charge is 0.171 e. The third-order valence-corrected chi connectivity index (χ3v) is 9.51. The van der Waals surface area contributed by atoms with Gasteiger partial charge in [0.1, 0.15) is 12.9 Å². The van der Waals surface area contributed by atoms with Crippen LogP contribution in [0.25, 0.3) is 0 Å². The number of rotatable bonds is 7. The molecule has 2 unspecified atom stereocenters. The molecule has 0 spiro atoms. The third-order valence-electron chi connectivity index (χ3n) is 6.66. The number of amidine groups is 1. The Morgan fingerprint density at radius 1 is 1.24 bits per heavy atom. The Kier molecular flexibility index (Phi) is 8.00. The fourth-order valence-electron chi connectivity index (χ4n) is 4.74. The van der Waals surface area contributed by atoms with E-state index < -0.39 is 8.07 Å². The molecule has 4 rings (SSSR count). The molecule has 182 valence electrons. The van der Waals surface area contributed by atoms with E-state index in [9.17, 15) is 0 Å². The van der Waals surface area contributed by atoms with Crippen LogP contribution in [0.2, 0.25) is 25.7 Å². The average Bonchev–Trinajstić information content (AvgIpc) is 3.07. The summed E-state index contributed by atoms with van der Waals surface area (Å²) >= 11 is 9.17. The number of ether oxygens (including phenoxy) is 2. The number of allylic oxidation sites excluding steroid dienone is 6. The Hall–Kier alpha value is -0.813. The van der Waals surface area contributed by atoms with Crippen molar-refractivity contribution in [2.24, 2.45) is 10.9 Å². The highest BCUT2D eigenvalue weighted by Gasteiger charge is 2.40. The van der Waals surface area contributed by atoms with Crippen LogP contribution in [0.1, 0.15) is 13.3 Å². The van der Waals surface area contributed by atoms with Gasteiger partial charge in [-0.3, -0.25) is 0 Å². The lowest BCUT2D eigenvalue weighted by Gasteiger charge is -2.41. The van der Waals surface area contributed by atoms with Crippen LogP contribution < -0.4 is 0 Å². The number of aliphatic imine (C=N–C) groups is 1. The van der Waals surface area contributed by atoms with E-state index in [0.717, 1.165) is 65.6 Å². The molecule has 1 aliphatic carbocycles. The summed E-state index contributed by atoms with van der Waals surface area (Å²) in [5.41, 5.74) is 4.77. The standard InChI is InChI=1S/C24H36ClIN4O2Si/c1-17-14-18(29-8-10-31-11-9-29)6-7-19(17)22-20(25)15-21-23(28(22)2)30(24(26)27-21)16-32-12-13-33(3,4)5/h6-7,15,17,23H,8-14,16H2,1-5H3. The van der Waals surface area contributed by atoms with Crippen LogP contribution in [-0.4, -0.2) is 79.5 Å². The number of likely N-dealkylation sites (N-methyl/N-ethyl adjacent to an activating group) is 1. The highest BCUT2D eigenvalue weighted by Crippen LogP contribution is 2.42. The zero-order valence-electron chi connectivity index (χ0n) is 20.4. The lowest BCUT2D eigenvalue weighted by Crippen LogP contribution is -2.48. The Bertz CT molecular complexity index is 918. The minimum atomic E-state index is -1.11. The molecule has 0 N–H and O–H groups in total. The van der Waals surface area contributed by atoms with Crippen molar-refractivity contribution in [3.8, 4) is 0 Å². The number of hydrogen-bond donors (Lipinski definition) is 0. The van der Waals surface area contributed by atoms with Crippen molar-refractivity contribution < 1.29 is 9.47 Å². The van der Waals surface area contributed by atoms with E-state index in [-0.39, 0.29) is 6.17 Å². The summed E-state index contributed by atoms with van der Waals surface area (Å²) in [6.07, 6.45) is 7.61. The minimum Gasteiger partial charge on any atom is -0.378 e. The maximum absolute atomic E-state index is 6.86. The van der Waals surface area contributed by atoms with Gasteiger partial charge in [-0.1, -0.05) is 44.2 Å². The van der Waals surface area contributed by atoms with Crippen molar-refractivity contribution in [3.05, 3.63) is 45.9 Å². The lowest BCUT2D eigenvalue weighted by atomic mass is 9.87. The van der Waals surface area contributed by atoms with E-state index in [0.29, 0.717) is 12.6 Å². The fraction of sp³-hybridized carbons (Fsp3) is 0.625. The zero-order valence-corrected chi connectivity index (χ0v) is 24.3. The molecule has 0 aromatic carbocycles. The molecule has 9 heteroatoms. The van der Waals surface area contributed by atoms with Crippen molar-refractivity contribution in [2.45, 2.75) is 45.2 Å². The van der Waals surface area contributed by atoms with Crippen LogP contribution in [-0.2, 0) is 9.47 Å². The molecule has 3 aliphatic heterocycles. The molecule has 0 amide bonds. The van der Waals surface area contributed by atoms with E-state index in [2.05, 4.69) is 83.1 Å². The van der Waals surface area contributed by atoms with Gasteiger partial charge < -0.3 is 24.2 Å². The number of nitrogens with zero attached hydrogens (tertiary/aromatic N) is 4. The Morgan fingerprint density at radius 2 is 1.97 bits per heavy atom. The van der Waals surface area contributed by atoms with Gasteiger partial charge in [-0.2, -0.15) is 0 Å². The van der Waals surface area contributed by atoms with E-state index >= 15 is 0 Å². The van der Waals surface area contributed by atoms with Gasteiger partial charge in [0.2, 0.25) is 0 Å². The van der Waals surface area contributed by atoms with E-state index in [4.69, 9.17) is 26.1 Å². The molecule has 0 aromatic rings. The van der Waals surface area contributed by atoms with Crippen molar-refractivity contribution in [2.75, 3.05) is 46.7 Å². The quantitative estimate of drug-likeness (QED) is 0.174. The molecule has 1 saturated heterocycles. The second-order valence-electron chi connectivity index (χ2n) is 10.4. The fourth-order valence-corrected chi connectivity index (χ4v) is 6.53. The first kappa shape index (κ1) is 25.3. The first-order valence-corrected chi connectivity index (χ1v) is 17.0. The SMILES string of the molecule is CC1CC(N2CCOCC2)=CC=C1C1=C(Cl)C=C2N=C(I)N(COCC[Si](C)(C)C)C2N1C. The van der Waals surface area contributed by atoms with Crippen molar-refractivity contribution in [3.63, 3.8) is 0 Å². The predicted octanol–water partition coefficient (Wildman–Crippen LogP) is 5.19. The molecule has 0 aromatic heterocycles. The topological polar surface area (TPSA) is 40.5 Å². The molecule has 0 saturated carbocycles. The minimum absolute atomic E-state index is 0.0130. The molecule has 4 aliphatic rings. The van der Waals surface area contributed by atoms with Gasteiger partial charge in [-0.05, 0) is 58.7 Å². The molecule has 1 fully saturated rings. The maximum atomic E-state index is 6.86. The summed E-state index contributed by atoms with van der Waals surface area (Å²) in [6, 6.07) is 1.16. The molecule has 3 heterocycles. The number of hydrogen-bond acceptors (Lipinski definition) is 6. The first-order valence-electron chi connectivity index (χ1n) is 11.8. The van der Waals surface area contributed by atoms with Crippen LogP contribution >= 0.6 is 34.2 Å². The molecule has 33 heavy (non-hydrogen) atoms. The van der Waals surface area contributed by atoms with Crippen LogP contribution in [0, 0.1) is 5.92 Å².